The van der Waals surface area contributed by atoms with E-state index in [9.17, 15) is 14.4 Å². The first kappa shape index (κ1) is 19.6. The Morgan fingerprint density at radius 1 is 1.14 bits per heavy atom. The van der Waals surface area contributed by atoms with Crippen molar-refractivity contribution in [2.24, 2.45) is 0 Å². The SMILES string of the molecule is CCC1(CC)NC(=O)N(CC(=O)Nc2c(C)nn(-c3ccccc3)c2C)C1=O. The van der Waals surface area contributed by atoms with Crippen molar-refractivity contribution >= 4 is 23.5 Å². The number of imide groups is 1. The zero-order valence-corrected chi connectivity index (χ0v) is 16.6. The monoisotopic (exact) mass is 383 g/mol. The lowest BCUT2D eigenvalue weighted by Gasteiger charge is -2.23. The van der Waals surface area contributed by atoms with Crippen molar-refractivity contribution in [1.82, 2.24) is 20.0 Å². The average Bonchev–Trinajstić information content (AvgIpc) is 3.11. The molecule has 2 heterocycles. The summed E-state index contributed by atoms with van der Waals surface area (Å²) in [5.41, 5.74) is 1.97. The van der Waals surface area contributed by atoms with Gasteiger partial charge in [-0.1, -0.05) is 32.0 Å². The molecule has 1 saturated heterocycles. The molecule has 8 heteroatoms. The lowest BCUT2D eigenvalue weighted by molar-refractivity contribution is -0.134. The van der Waals surface area contributed by atoms with Gasteiger partial charge < -0.3 is 10.6 Å². The lowest BCUT2D eigenvalue weighted by Crippen LogP contribution is -2.46. The van der Waals surface area contributed by atoms with Gasteiger partial charge in [-0.2, -0.15) is 5.10 Å². The maximum Gasteiger partial charge on any atom is 0.325 e. The molecule has 3 rings (SSSR count). The van der Waals surface area contributed by atoms with Gasteiger partial charge in [0.1, 0.15) is 12.1 Å². The highest BCUT2D eigenvalue weighted by Gasteiger charge is 2.49. The molecule has 148 valence electrons. The molecule has 28 heavy (non-hydrogen) atoms. The van der Waals surface area contributed by atoms with Crippen molar-refractivity contribution in [1.29, 1.82) is 0 Å². The molecule has 0 radical (unpaired) electrons. The maximum atomic E-state index is 12.7. The van der Waals surface area contributed by atoms with E-state index in [4.69, 9.17) is 0 Å². The molecule has 8 nitrogen and oxygen atoms in total. The maximum absolute atomic E-state index is 12.7. The summed E-state index contributed by atoms with van der Waals surface area (Å²) in [5.74, 6) is -0.795. The molecular formula is C20H25N5O3. The van der Waals surface area contributed by atoms with E-state index in [1.165, 1.54) is 0 Å². The summed E-state index contributed by atoms with van der Waals surface area (Å²) in [6.07, 6.45) is 0.961. The second kappa shape index (κ2) is 7.46. The van der Waals surface area contributed by atoms with E-state index in [0.717, 1.165) is 16.3 Å². The third-order valence-corrected chi connectivity index (χ3v) is 5.31. The molecule has 0 aliphatic carbocycles. The fourth-order valence-corrected chi connectivity index (χ4v) is 3.52. The van der Waals surface area contributed by atoms with E-state index in [1.54, 1.807) is 11.6 Å². The molecule has 0 saturated carbocycles. The highest BCUT2D eigenvalue weighted by atomic mass is 16.2. The lowest BCUT2D eigenvalue weighted by atomic mass is 9.93. The first-order valence-corrected chi connectivity index (χ1v) is 9.38. The van der Waals surface area contributed by atoms with Crippen LogP contribution in [0.5, 0.6) is 0 Å². The summed E-state index contributed by atoms with van der Waals surface area (Å²) >= 11 is 0. The summed E-state index contributed by atoms with van der Waals surface area (Å²) in [7, 11) is 0. The Balaban J connectivity index is 1.77. The normalized spacial score (nSPS) is 15.6. The summed E-state index contributed by atoms with van der Waals surface area (Å²) in [4.78, 5) is 38.4. The molecular weight excluding hydrogens is 358 g/mol. The molecule has 1 aliphatic rings. The number of para-hydroxylation sites is 1. The van der Waals surface area contributed by atoms with E-state index in [2.05, 4.69) is 15.7 Å². The van der Waals surface area contributed by atoms with Crippen LogP contribution in [0.1, 0.15) is 38.1 Å². The van der Waals surface area contributed by atoms with E-state index in [0.29, 0.717) is 24.2 Å². The number of aryl methyl sites for hydroxylation is 1. The van der Waals surface area contributed by atoms with E-state index in [-0.39, 0.29) is 12.5 Å². The third-order valence-electron chi connectivity index (χ3n) is 5.31. The van der Waals surface area contributed by atoms with E-state index >= 15 is 0 Å². The molecule has 0 spiro atoms. The van der Waals surface area contributed by atoms with Crippen molar-refractivity contribution in [3.63, 3.8) is 0 Å². The van der Waals surface area contributed by atoms with Crippen molar-refractivity contribution in [3.05, 3.63) is 41.7 Å². The predicted octanol–water partition coefficient (Wildman–Crippen LogP) is 2.54. The molecule has 1 aliphatic heterocycles. The van der Waals surface area contributed by atoms with Gasteiger partial charge in [0.05, 0.1) is 22.8 Å². The quantitative estimate of drug-likeness (QED) is 0.749. The van der Waals surface area contributed by atoms with Crippen LogP contribution in [0.4, 0.5) is 10.5 Å². The molecule has 2 aromatic rings. The number of carbonyl (C=O) groups excluding carboxylic acids is 3. The number of rotatable bonds is 6. The number of aromatic nitrogens is 2. The van der Waals surface area contributed by atoms with Crippen molar-refractivity contribution in [3.8, 4) is 5.69 Å². The van der Waals surface area contributed by atoms with Crippen LogP contribution in [0.25, 0.3) is 5.69 Å². The summed E-state index contributed by atoms with van der Waals surface area (Å²) in [6.45, 7) is 7.01. The molecule has 1 aromatic heterocycles. The molecule has 0 bridgehead atoms. The fourth-order valence-electron chi connectivity index (χ4n) is 3.52. The van der Waals surface area contributed by atoms with Crippen LogP contribution in [0.3, 0.4) is 0 Å². The highest BCUT2D eigenvalue weighted by Crippen LogP contribution is 2.26. The zero-order chi connectivity index (χ0) is 20.5. The number of amides is 4. The Morgan fingerprint density at radius 3 is 2.36 bits per heavy atom. The van der Waals surface area contributed by atoms with Gasteiger partial charge in [0.2, 0.25) is 5.91 Å². The first-order chi connectivity index (χ1) is 13.3. The van der Waals surface area contributed by atoms with Crippen molar-refractivity contribution in [2.45, 2.75) is 46.1 Å². The molecule has 2 N–H and O–H groups in total. The number of benzene rings is 1. The van der Waals surface area contributed by atoms with Gasteiger partial charge >= 0.3 is 6.03 Å². The minimum atomic E-state index is -0.915. The van der Waals surface area contributed by atoms with Crippen LogP contribution < -0.4 is 10.6 Å². The Labute approximate surface area is 163 Å². The Kier molecular flexibility index (Phi) is 5.22. The van der Waals surface area contributed by atoms with Gasteiger partial charge in [0.15, 0.2) is 0 Å². The minimum Gasteiger partial charge on any atom is -0.323 e. The summed E-state index contributed by atoms with van der Waals surface area (Å²) in [5, 5.41) is 10.0. The smallest absolute Gasteiger partial charge is 0.323 e. The Bertz CT molecular complexity index is 915. The third kappa shape index (κ3) is 3.26. The number of hydrogen-bond donors (Lipinski definition) is 2. The standard InChI is InChI=1S/C20H25N5O3/c1-5-20(6-2)18(27)24(19(28)22-20)12-16(26)21-17-13(3)23-25(14(17)4)15-10-8-7-9-11-15/h7-11H,5-6,12H2,1-4H3,(H,21,26)(H,22,28). The predicted molar refractivity (Wildman–Crippen MR) is 105 cm³/mol. The molecule has 0 unspecified atom stereocenters. The van der Waals surface area contributed by atoms with Crippen LogP contribution >= 0.6 is 0 Å². The van der Waals surface area contributed by atoms with Gasteiger partial charge in [-0.25, -0.2) is 9.48 Å². The number of carbonyl (C=O) groups is 3. The van der Waals surface area contributed by atoms with Gasteiger partial charge in [-0.05, 0) is 38.8 Å². The minimum absolute atomic E-state index is 0.332. The molecule has 1 fully saturated rings. The van der Waals surface area contributed by atoms with E-state index in [1.807, 2.05) is 51.1 Å². The van der Waals surface area contributed by atoms with Crippen LogP contribution in [0, 0.1) is 13.8 Å². The molecule has 1 aromatic carbocycles. The van der Waals surface area contributed by atoms with Gasteiger partial charge in [0.25, 0.3) is 5.91 Å². The number of nitrogens with zero attached hydrogens (tertiary/aromatic N) is 3. The Morgan fingerprint density at radius 2 is 1.79 bits per heavy atom. The fraction of sp³-hybridized carbons (Fsp3) is 0.400. The van der Waals surface area contributed by atoms with Gasteiger partial charge in [-0.3, -0.25) is 14.5 Å². The van der Waals surface area contributed by atoms with Crippen molar-refractivity contribution in [2.75, 3.05) is 11.9 Å². The average molecular weight is 383 g/mol. The molecule has 0 atom stereocenters. The second-order valence-electron chi connectivity index (χ2n) is 6.95. The second-order valence-corrected chi connectivity index (χ2v) is 6.95. The van der Waals surface area contributed by atoms with Gasteiger partial charge in [-0.15, -0.1) is 0 Å². The number of anilines is 1. The topological polar surface area (TPSA) is 96.3 Å². The number of nitrogens with one attached hydrogen (secondary N) is 2. The van der Waals surface area contributed by atoms with Crippen LogP contribution in [-0.2, 0) is 9.59 Å². The van der Waals surface area contributed by atoms with Crippen LogP contribution in [0.15, 0.2) is 30.3 Å². The largest absolute Gasteiger partial charge is 0.325 e. The number of urea groups is 1. The zero-order valence-electron chi connectivity index (χ0n) is 16.6. The van der Waals surface area contributed by atoms with Crippen LogP contribution in [0.2, 0.25) is 0 Å². The van der Waals surface area contributed by atoms with Crippen LogP contribution in [-0.4, -0.2) is 44.6 Å². The van der Waals surface area contributed by atoms with E-state index < -0.39 is 17.5 Å². The first-order valence-electron chi connectivity index (χ1n) is 9.38. The summed E-state index contributed by atoms with van der Waals surface area (Å²) in [6, 6.07) is 9.06. The number of hydrogen-bond acceptors (Lipinski definition) is 4. The highest BCUT2D eigenvalue weighted by molar-refractivity contribution is 6.10. The van der Waals surface area contributed by atoms with Crippen molar-refractivity contribution < 1.29 is 14.4 Å². The van der Waals surface area contributed by atoms with Gasteiger partial charge in [0, 0.05) is 0 Å². The molecule has 4 amide bonds. The summed E-state index contributed by atoms with van der Waals surface area (Å²) < 4.78 is 1.75. The Hall–Kier alpha value is -3.16.